The van der Waals surface area contributed by atoms with E-state index in [0.29, 0.717) is 23.9 Å². The molecule has 4 heteroatoms. The highest BCUT2D eigenvalue weighted by Gasteiger charge is 2.35. The molecule has 1 unspecified atom stereocenters. The molecule has 22 heavy (non-hydrogen) atoms. The third kappa shape index (κ3) is 2.64. The van der Waals surface area contributed by atoms with Crippen LogP contribution < -0.4 is 15.4 Å². The van der Waals surface area contributed by atoms with E-state index in [1.807, 2.05) is 36.4 Å². The lowest BCUT2D eigenvalue weighted by molar-refractivity contribution is -0.126. The van der Waals surface area contributed by atoms with Gasteiger partial charge in [-0.25, -0.2) is 0 Å². The molecule has 1 aliphatic rings. The maximum absolute atomic E-state index is 12.9. The van der Waals surface area contributed by atoms with Gasteiger partial charge < -0.3 is 15.4 Å². The third-order valence-corrected chi connectivity index (χ3v) is 3.66. The first-order valence-corrected chi connectivity index (χ1v) is 7.49. The number of carbonyl (C=O) groups excluding carboxylic acids is 1. The van der Waals surface area contributed by atoms with Gasteiger partial charge in [-0.2, -0.15) is 0 Å². The largest absolute Gasteiger partial charge is 0.474 e. The average molecular weight is 296 g/mol. The summed E-state index contributed by atoms with van der Waals surface area (Å²) in [6.07, 6.45) is -0.616. The fraction of sp³-hybridized carbons (Fsp3) is 0.278. The molecule has 2 aromatic rings. The number of hydrogen-bond donors (Lipinski definition) is 1. The first-order valence-electron chi connectivity index (χ1n) is 7.49. The van der Waals surface area contributed by atoms with E-state index in [1.54, 1.807) is 17.0 Å². The quantitative estimate of drug-likeness (QED) is 0.883. The number of nitrogens with zero attached hydrogens (tertiary/aromatic N) is 1. The molecule has 114 valence electrons. The number of hydrogen-bond acceptors (Lipinski definition) is 3. The minimum Gasteiger partial charge on any atom is -0.474 e. The Labute approximate surface area is 130 Å². The van der Waals surface area contributed by atoms with Crippen molar-refractivity contribution in [1.29, 1.82) is 0 Å². The Morgan fingerprint density at radius 2 is 1.91 bits per heavy atom. The first kappa shape index (κ1) is 14.4. The lowest BCUT2D eigenvalue weighted by atomic mass is 10.0. The predicted octanol–water partition coefficient (Wildman–Crippen LogP) is 3.39. The molecule has 0 bridgehead atoms. The number of fused-ring (bicyclic) bond motifs is 1. The number of ether oxygens (including phenoxy) is 1. The van der Waals surface area contributed by atoms with Gasteiger partial charge in [-0.1, -0.05) is 44.2 Å². The van der Waals surface area contributed by atoms with Gasteiger partial charge >= 0.3 is 0 Å². The second-order valence-electron chi connectivity index (χ2n) is 5.98. The Morgan fingerprint density at radius 1 is 1.18 bits per heavy atom. The number of amides is 1. The van der Waals surface area contributed by atoms with E-state index in [2.05, 4.69) is 13.8 Å². The van der Waals surface area contributed by atoms with Gasteiger partial charge in [0.1, 0.15) is 5.75 Å². The number of rotatable bonds is 3. The van der Waals surface area contributed by atoms with Crippen LogP contribution >= 0.6 is 0 Å². The zero-order chi connectivity index (χ0) is 15.7. The molecule has 0 aromatic heterocycles. The molecule has 0 radical (unpaired) electrons. The second-order valence-corrected chi connectivity index (χ2v) is 5.98. The fourth-order valence-electron chi connectivity index (χ4n) is 2.68. The number of anilines is 2. The van der Waals surface area contributed by atoms with Gasteiger partial charge in [-0.3, -0.25) is 4.79 Å². The van der Waals surface area contributed by atoms with Gasteiger partial charge in [-0.15, -0.1) is 0 Å². The number of nitrogens with two attached hydrogens (primary N) is 1. The topological polar surface area (TPSA) is 55.6 Å². The van der Waals surface area contributed by atoms with Crippen molar-refractivity contribution in [2.75, 3.05) is 17.2 Å². The van der Waals surface area contributed by atoms with E-state index in [1.165, 1.54) is 0 Å². The van der Waals surface area contributed by atoms with Crippen molar-refractivity contribution < 1.29 is 9.53 Å². The Kier molecular flexibility index (Phi) is 3.75. The van der Waals surface area contributed by atoms with Crippen molar-refractivity contribution in [3.8, 4) is 5.75 Å². The molecule has 0 spiro atoms. The summed E-state index contributed by atoms with van der Waals surface area (Å²) in [4.78, 5) is 14.7. The smallest absolute Gasteiger partial charge is 0.272 e. The Balaban J connectivity index is 2.05. The normalized spacial score (nSPS) is 17.3. The highest BCUT2D eigenvalue weighted by molar-refractivity contribution is 6.00. The fourth-order valence-corrected chi connectivity index (χ4v) is 2.68. The summed E-state index contributed by atoms with van der Waals surface area (Å²) in [5.74, 6) is 0.996. The van der Waals surface area contributed by atoms with E-state index in [-0.39, 0.29) is 5.91 Å². The van der Waals surface area contributed by atoms with E-state index in [9.17, 15) is 4.79 Å². The van der Waals surface area contributed by atoms with Crippen LogP contribution in [0.4, 0.5) is 11.4 Å². The van der Waals surface area contributed by atoms with Crippen molar-refractivity contribution in [1.82, 2.24) is 0 Å². The molecule has 2 N–H and O–H groups in total. The second kappa shape index (κ2) is 5.72. The van der Waals surface area contributed by atoms with E-state index < -0.39 is 6.10 Å². The minimum atomic E-state index is -0.616. The Hall–Kier alpha value is -2.49. The summed E-state index contributed by atoms with van der Waals surface area (Å²) in [7, 11) is 0. The summed E-state index contributed by atoms with van der Waals surface area (Å²) in [5, 5.41) is 0. The molecule has 1 heterocycles. The Bertz CT molecular complexity index is 683. The number of benzene rings is 2. The van der Waals surface area contributed by atoms with Gasteiger partial charge in [0.25, 0.3) is 5.91 Å². The number of nitrogen functional groups attached to an aromatic ring is 1. The zero-order valence-corrected chi connectivity index (χ0v) is 12.8. The van der Waals surface area contributed by atoms with E-state index in [4.69, 9.17) is 10.5 Å². The van der Waals surface area contributed by atoms with Gasteiger partial charge in [0.05, 0.1) is 5.69 Å². The molecule has 0 fully saturated rings. The molecule has 4 nitrogen and oxygen atoms in total. The van der Waals surface area contributed by atoms with E-state index in [0.717, 1.165) is 11.3 Å². The van der Waals surface area contributed by atoms with Crippen LogP contribution in [0, 0.1) is 5.92 Å². The third-order valence-electron chi connectivity index (χ3n) is 3.66. The lowest BCUT2D eigenvalue weighted by Crippen LogP contribution is -2.43. The SMILES string of the molecule is CC(C)CN1C(=O)C(c2ccccc2)Oc2cc(N)ccc21. The van der Waals surface area contributed by atoms with Crippen LogP contribution in [0.25, 0.3) is 0 Å². The highest BCUT2D eigenvalue weighted by Crippen LogP contribution is 2.40. The molecular weight excluding hydrogens is 276 g/mol. The first-order chi connectivity index (χ1) is 10.6. The van der Waals surface area contributed by atoms with Crippen LogP contribution in [0.2, 0.25) is 0 Å². The minimum absolute atomic E-state index is 0.0304. The van der Waals surface area contributed by atoms with Crippen LogP contribution in [-0.2, 0) is 4.79 Å². The van der Waals surface area contributed by atoms with Gasteiger partial charge in [-0.05, 0) is 18.1 Å². The maximum atomic E-state index is 12.9. The molecule has 0 aliphatic carbocycles. The van der Waals surface area contributed by atoms with Crippen molar-refractivity contribution in [2.45, 2.75) is 20.0 Å². The molecular formula is C18H20N2O2. The number of carbonyl (C=O) groups is 1. The molecule has 2 aromatic carbocycles. The summed E-state index contributed by atoms with van der Waals surface area (Å²) in [6.45, 7) is 4.84. The highest BCUT2D eigenvalue weighted by atomic mass is 16.5. The van der Waals surface area contributed by atoms with Gasteiger partial charge in [0, 0.05) is 23.9 Å². The maximum Gasteiger partial charge on any atom is 0.272 e. The van der Waals surface area contributed by atoms with E-state index >= 15 is 0 Å². The van der Waals surface area contributed by atoms with Crippen molar-refractivity contribution in [3.63, 3.8) is 0 Å². The van der Waals surface area contributed by atoms with Gasteiger partial charge in [0.2, 0.25) is 6.10 Å². The molecule has 1 atom stereocenters. The van der Waals surface area contributed by atoms with Crippen LogP contribution in [0.1, 0.15) is 25.5 Å². The molecule has 1 amide bonds. The lowest BCUT2D eigenvalue weighted by Gasteiger charge is -2.35. The standard InChI is InChI=1S/C18H20N2O2/c1-12(2)11-20-15-9-8-14(19)10-16(15)22-17(18(20)21)13-6-4-3-5-7-13/h3-10,12,17H,11,19H2,1-2H3. The van der Waals surface area contributed by atoms with Crippen LogP contribution in [0.3, 0.4) is 0 Å². The summed E-state index contributed by atoms with van der Waals surface area (Å²) >= 11 is 0. The van der Waals surface area contributed by atoms with Crippen molar-refractivity contribution >= 4 is 17.3 Å². The zero-order valence-electron chi connectivity index (χ0n) is 12.8. The van der Waals surface area contributed by atoms with Gasteiger partial charge in [0.15, 0.2) is 0 Å². The molecule has 0 saturated heterocycles. The summed E-state index contributed by atoms with van der Waals surface area (Å²) < 4.78 is 5.95. The average Bonchev–Trinajstić information content (AvgIpc) is 2.50. The Morgan fingerprint density at radius 3 is 2.59 bits per heavy atom. The van der Waals surface area contributed by atoms with Crippen molar-refractivity contribution in [3.05, 3.63) is 54.1 Å². The molecule has 1 aliphatic heterocycles. The summed E-state index contributed by atoms with van der Waals surface area (Å²) in [6, 6.07) is 15.0. The summed E-state index contributed by atoms with van der Waals surface area (Å²) in [5.41, 5.74) is 8.14. The molecule has 3 rings (SSSR count). The van der Waals surface area contributed by atoms with Crippen LogP contribution in [-0.4, -0.2) is 12.5 Å². The monoisotopic (exact) mass is 296 g/mol. The van der Waals surface area contributed by atoms with Crippen molar-refractivity contribution in [2.24, 2.45) is 5.92 Å². The molecule has 0 saturated carbocycles. The van der Waals surface area contributed by atoms with Crippen LogP contribution in [0.15, 0.2) is 48.5 Å². The van der Waals surface area contributed by atoms with Crippen LogP contribution in [0.5, 0.6) is 5.75 Å². The predicted molar refractivity (Wildman–Crippen MR) is 87.9 cm³/mol.